The number of benzene rings is 1. The van der Waals surface area contributed by atoms with E-state index in [1.54, 1.807) is 6.20 Å². The van der Waals surface area contributed by atoms with Gasteiger partial charge in [0.15, 0.2) is 0 Å². The van der Waals surface area contributed by atoms with E-state index < -0.39 is 0 Å². The fourth-order valence-electron chi connectivity index (χ4n) is 4.64. The number of carbonyl (C=O) groups is 1. The van der Waals surface area contributed by atoms with E-state index >= 15 is 0 Å². The van der Waals surface area contributed by atoms with E-state index in [-0.39, 0.29) is 11.8 Å². The Hall–Kier alpha value is -2.99. The molecular weight excluding hydrogens is 376 g/mol. The van der Waals surface area contributed by atoms with Crippen LogP contribution >= 0.6 is 0 Å². The van der Waals surface area contributed by atoms with Gasteiger partial charge in [0.1, 0.15) is 11.6 Å². The van der Waals surface area contributed by atoms with Gasteiger partial charge in [-0.2, -0.15) is 0 Å². The fraction of sp³-hybridized carbons (Fsp3) is 0.375. The quantitative estimate of drug-likeness (QED) is 0.683. The van der Waals surface area contributed by atoms with Crippen LogP contribution in [0.1, 0.15) is 24.8 Å². The molecule has 154 valence electrons. The van der Waals surface area contributed by atoms with E-state index in [1.165, 1.54) is 0 Å². The molecule has 1 amide bonds. The molecule has 1 aliphatic carbocycles. The lowest BCUT2D eigenvalue weighted by atomic mass is 9.93. The molecule has 2 aromatic heterocycles. The van der Waals surface area contributed by atoms with Crippen molar-refractivity contribution in [3.63, 3.8) is 0 Å². The van der Waals surface area contributed by atoms with Gasteiger partial charge in [-0.3, -0.25) is 4.79 Å². The van der Waals surface area contributed by atoms with Crippen LogP contribution in [0.4, 0.5) is 11.6 Å². The number of pyridine rings is 2. The number of nitrogen functional groups attached to an aromatic ring is 1. The molecule has 0 unspecified atom stereocenters. The highest BCUT2D eigenvalue weighted by atomic mass is 16.5. The first kappa shape index (κ1) is 19.0. The van der Waals surface area contributed by atoms with Crippen molar-refractivity contribution >= 4 is 28.3 Å². The Labute approximate surface area is 175 Å². The van der Waals surface area contributed by atoms with Gasteiger partial charge >= 0.3 is 0 Å². The second-order valence-corrected chi connectivity index (χ2v) is 8.44. The SMILES string of the molecule is Cc1ccccc1-c1cc2cc(NC(=O)[C@@H]3C[C@H]3C3CCOCC3)ncc2c(N)n1. The number of nitrogens with zero attached hydrogens (tertiary/aromatic N) is 2. The molecule has 0 bridgehead atoms. The van der Waals surface area contributed by atoms with Gasteiger partial charge in [-0.1, -0.05) is 24.3 Å². The average Bonchev–Trinajstić information content (AvgIpc) is 3.56. The van der Waals surface area contributed by atoms with Crippen molar-refractivity contribution in [2.24, 2.45) is 17.8 Å². The Balaban J connectivity index is 1.37. The number of fused-ring (bicyclic) bond motifs is 1. The molecule has 2 atom stereocenters. The summed E-state index contributed by atoms with van der Waals surface area (Å²) in [5.41, 5.74) is 9.21. The molecule has 1 saturated heterocycles. The second-order valence-electron chi connectivity index (χ2n) is 8.44. The summed E-state index contributed by atoms with van der Waals surface area (Å²) in [6.45, 7) is 3.70. The third-order valence-corrected chi connectivity index (χ3v) is 6.47. The minimum Gasteiger partial charge on any atom is -0.383 e. The predicted molar refractivity (Wildman–Crippen MR) is 118 cm³/mol. The summed E-state index contributed by atoms with van der Waals surface area (Å²) >= 11 is 0. The highest BCUT2D eigenvalue weighted by Crippen LogP contribution is 2.48. The molecule has 3 N–H and O–H groups in total. The molecule has 30 heavy (non-hydrogen) atoms. The molecule has 1 aliphatic heterocycles. The summed E-state index contributed by atoms with van der Waals surface area (Å²) in [4.78, 5) is 21.7. The van der Waals surface area contributed by atoms with Crippen molar-refractivity contribution in [1.82, 2.24) is 9.97 Å². The number of hydrogen-bond donors (Lipinski definition) is 2. The first-order valence-corrected chi connectivity index (χ1v) is 10.6. The van der Waals surface area contributed by atoms with Gasteiger partial charge in [0.25, 0.3) is 0 Å². The first-order chi connectivity index (χ1) is 14.6. The van der Waals surface area contributed by atoms with Crippen LogP contribution in [0.2, 0.25) is 0 Å². The summed E-state index contributed by atoms with van der Waals surface area (Å²) in [5, 5.41) is 4.72. The molecule has 5 rings (SSSR count). The molecule has 2 fully saturated rings. The Kier molecular flexibility index (Phi) is 4.87. The molecule has 1 aromatic carbocycles. The minimum absolute atomic E-state index is 0.0690. The topological polar surface area (TPSA) is 90.1 Å². The lowest BCUT2D eigenvalue weighted by Crippen LogP contribution is -2.21. The van der Waals surface area contributed by atoms with Crippen LogP contribution in [0.5, 0.6) is 0 Å². The number of carbonyl (C=O) groups excluding carboxylic acids is 1. The van der Waals surface area contributed by atoms with Gasteiger partial charge in [0.2, 0.25) is 5.91 Å². The van der Waals surface area contributed by atoms with Crippen LogP contribution in [0, 0.1) is 24.7 Å². The van der Waals surface area contributed by atoms with Crippen LogP contribution in [0.25, 0.3) is 22.0 Å². The van der Waals surface area contributed by atoms with Gasteiger partial charge < -0.3 is 15.8 Å². The maximum absolute atomic E-state index is 12.7. The van der Waals surface area contributed by atoms with Crippen LogP contribution in [0.15, 0.2) is 42.6 Å². The Bertz CT molecular complexity index is 1110. The van der Waals surface area contributed by atoms with Crippen molar-refractivity contribution in [2.75, 3.05) is 24.3 Å². The zero-order chi connectivity index (χ0) is 20.7. The maximum Gasteiger partial charge on any atom is 0.228 e. The van der Waals surface area contributed by atoms with Crippen LogP contribution < -0.4 is 11.1 Å². The molecule has 0 spiro atoms. The Morgan fingerprint density at radius 1 is 1.20 bits per heavy atom. The summed E-state index contributed by atoms with van der Waals surface area (Å²) < 4.78 is 5.44. The minimum atomic E-state index is 0.0690. The van der Waals surface area contributed by atoms with E-state index in [0.29, 0.717) is 23.5 Å². The van der Waals surface area contributed by atoms with Crippen molar-refractivity contribution < 1.29 is 9.53 Å². The maximum atomic E-state index is 12.7. The lowest BCUT2D eigenvalue weighted by molar-refractivity contribution is -0.117. The highest BCUT2D eigenvalue weighted by Gasteiger charge is 2.47. The lowest BCUT2D eigenvalue weighted by Gasteiger charge is -2.21. The number of hydrogen-bond acceptors (Lipinski definition) is 5. The average molecular weight is 402 g/mol. The van der Waals surface area contributed by atoms with Crippen molar-refractivity contribution in [3.05, 3.63) is 48.2 Å². The number of amides is 1. The predicted octanol–water partition coefficient (Wildman–Crippen LogP) is 4.19. The molecule has 2 aliphatic rings. The monoisotopic (exact) mass is 402 g/mol. The summed E-state index contributed by atoms with van der Waals surface area (Å²) in [6.07, 6.45) is 4.80. The van der Waals surface area contributed by atoms with Gasteiger partial charge in [0.05, 0.1) is 5.69 Å². The van der Waals surface area contributed by atoms with E-state index in [0.717, 1.165) is 60.1 Å². The molecule has 3 aromatic rings. The number of aromatic nitrogens is 2. The van der Waals surface area contributed by atoms with Gasteiger partial charge in [0, 0.05) is 36.3 Å². The molecule has 6 nitrogen and oxygen atoms in total. The summed E-state index contributed by atoms with van der Waals surface area (Å²) in [6, 6.07) is 12.0. The van der Waals surface area contributed by atoms with E-state index in [4.69, 9.17) is 10.5 Å². The Morgan fingerprint density at radius 3 is 2.80 bits per heavy atom. The van der Waals surface area contributed by atoms with Crippen molar-refractivity contribution in [3.8, 4) is 11.3 Å². The van der Waals surface area contributed by atoms with E-state index in [1.807, 2.05) is 30.3 Å². The first-order valence-electron chi connectivity index (χ1n) is 10.6. The van der Waals surface area contributed by atoms with Gasteiger partial charge in [-0.05, 0) is 61.1 Å². The number of anilines is 2. The number of ether oxygens (including phenoxy) is 1. The smallest absolute Gasteiger partial charge is 0.228 e. The molecular formula is C24H26N4O2. The second kappa shape index (κ2) is 7.69. The molecule has 6 heteroatoms. The van der Waals surface area contributed by atoms with E-state index in [2.05, 4.69) is 28.3 Å². The van der Waals surface area contributed by atoms with Crippen LogP contribution in [-0.4, -0.2) is 29.1 Å². The molecule has 3 heterocycles. The number of nitrogens with one attached hydrogen (secondary N) is 1. The van der Waals surface area contributed by atoms with Gasteiger partial charge in [-0.15, -0.1) is 0 Å². The largest absolute Gasteiger partial charge is 0.383 e. The summed E-state index contributed by atoms with van der Waals surface area (Å²) in [7, 11) is 0. The molecule has 1 saturated carbocycles. The number of nitrogens with two attached hydrogens (primary N) is 1. The third-order valence-electron chi connectivity index (χ3n) is 6.47. The van der Waals surface area contributed by atoms with Crippen molar-refractivity contribution in [1.29, 1.82) is 0 Å². The normalized spacial score (nSPS) is 21.5. The third kappa shape index (κ3) is 3.63. The van der Waals surface area contributed by atoms with Crippen molar-refractivity contribution in [2.45, 2.75) is 26.2 Å². The fourth-order valence-corrected chi connectivity index (χ4v) is 4.64. The zero-order valence-electron chi connectivity index (χ0n) is 17.1. The number of rotatable bonds is 4. The van der Waals surface area contributed by atoms with Gasteiger partial charge in [-0.25, -0.2) is 9.97 Å². The molecule has 0 radical (unpaired) electrons. The van der Waals surface area contributed by atoms with E-state index in [9.17, 15) is 4.79 Å². The highest BCUT2D eigenvalue weighted by molar-refractivity contribution is 5.98. The zero-order valence-corrected chi connectivity index (χ0v) is 17.1. The van der Waals surface area contributed by atoms with Crippen LogP contribution in [-0.2, 0) is 9.53 Å². The number of aryl methyl sites for hydroxylation is 1. The van der Waals surface area contributed by atoms with Crippen LogP contribution in [0.3, 0.4) is 0 Å². The Morgan fingerprint density at radius 2 is 2.00 bits per heavy atom. The standard InChI is InChI=1S/C24H26N4O2/c1-14-4-2-3-5-17(14)21-10-16-11-22(26-13-20(16)23(25)27-21)28-24(29)19-12-18(19)15-6-8-30-9-7-15/h2-5,10-11,13,15,18-19H,6-9,12H2,1H3,(H2,25,27)(H,26,28,29)/t18-,19+/m0/s1. The summed E-state index contributed by atoms with van der Waals surface area (Å²) in [5.74, 6) is 2.27.